The zero-order chi connectivity index (χ0) is 14.3. The number of hydrogen-bond acceptors (Lipinski definition) is 4. The fourth-order valence-corrected chi connectivity index (χ4v) is 1.61. The number of ether oxygens (including phenoxy) is 1. The van der Waals surface area contributed by atoms with Gasteiger partial charge in [-0.2, -0.15) is 0 Å². The second kappa shape index (κ2) is 7.70. The van der Waals surface area contributed by atoms with Crippen molar-refractivity contribution in [3.8, 4) is 5.75 Å². The van der Waals surface area contributed by atoms with E-state index in [1.165, 1.54) is 12.1 Å². The predicted octanol–water partition coefficient (Wildman–Crippen LogP) is 0.726. The molecule has 5 nitrogen and oxygen atoms in total. The number of rotatable bonds is 7. The predicted molar refractivity (Wildman–Crippen MR) is 69.3 cm³/mol. The molecule has 2 N–H and O–H groups in total. The van der Waals surface area contributed by atoms with Crippen LogP contribution in [0.2, 0.25) is 0 Å². The first-order valence-electron chi connectivity index (χ1n) is 5.94. The Hall–Kier alpha value is -1.66. The number of carbonyl (C=O) groups is 1. The van der Waals surface area contributed by atoms with Crippen molar-refractivity contribution in [2.45, 2.75) is 6.54 Å². The standard InChI is InChI=1S/C13H19FN2O3/c1-16(9-13(18)15-5-6-19-2)8-10-3-4-12(17)11(14)7-10/h3-4,7,17H,5-6,8-9H2,1-2H3,(H,15,18). The Morgan fingerprint density at radius 3 is 2.89 bits per heavy atom. The van der Waals surface area contributed by atoms with Crippen molar-refractivity contribution >= 4 is 5.91 Å². The van der Waals surface area contributed by atoms with E-state index in [2.05, 4.69) is 5.32 Å². The van der Waals surface area contributed by atoms with E-state index in [-0.39, 0.29) is 18.2 Å². The minimum Gasteiger partial charge on any atom is -0.505 e. The van der Waals surface area contributed by atoms with E-state index in [0.717, 1.165) is 0 Å². The SMILES string of the molecule is COCCNC(=O)CN(C)Cc1ccc(O)c(F)c1. The number of nitrogens with zero attached hydrogens (tertiary/aromatic N) is 1. The van der Waals surface area contributed by atoms with Crippen LogP contribution >= 0.6 is 0 Å². The van der Waals surface area contributed by atoms with Gasteiger partial charge in [0.1, 0.15) is 0 Å². The number of methoxy groups -OCH3 is 1. The minimum atomic E-state index is -0.657. The number of amides is 1. The Labute approximate surface area is 112 Å². The van der Waals surface area contributed by atoms with Gasteiger partial charge >= 0.3 is 0 Å². The van der Waals surface area contributed by atoms with Crippen LogP contribution in [0.4, 0.5) is 4.39 Å². The highest BCUT2D eigenvalue weighted by atomic mass is 19.1. The Bertz CT molecular complexity index is 426. The lowest BCUT2D eigenvalue weighted by atomic mass is 10.2. The summed E-state index contributed by atoms with van der Waals surface area (Å²) in [4.78, 5) is 13.3. The summed E-state index contributed by atoms with van der Waals surface area (Å²) < 4.78 is 18.0. The van der Waals surface area contributed by atoms with E-state index in [1.807, 2.05) is 0 Å². The van der Waals surface area contributed by atoms with Crippen LogP contribution in [-0.2, 0) is 16.1 Å². The third kappa shape index (κ3) is 5.67. The smallest absolute Gasteiger partial charge is 0.234 e. The number of halogens is 1. The molecule has 0 aliphatic carbocycles. The molecule has 0 saturated carbocycles. The summed E-state index contributed by atoms with van der Waals surface area (Å²) in [7, 11) is 3.33. The molecule has 0 aromatic heterocycles. The van der Waals surface area contributed by atoms with Gasteiger partial charge in [0, 0.05) is 20.2 Å². The Kier molecular flexibility index (Phi) is 6.24. The molecule has 0 heterocycles. The van der Waals surface area contributed by atoms with Crippen molar-refractivity contribution in [1.82, 2.24) is 10.2 Å². The third-order valence-corrected chi connectivity index (χ3v) is 2.51. The summed E-state index contributed by atoms with van der Waals surface area (Å²) in [6.07, 6.45) is 0. The monoisotopic (exact) mass is 270 g/mol. The molecule has 0 fully saturated rings. The first kappa shape index (κ1) is 15.4. The van der Waals surface area contributed by atoms with Gasteiger partial charge in [-0.3, -0.25) is 9.69 Å². The number of hydrogen-bond donors (Lipinski definition) is 2. The largest absolute Gasteiger partial charge is 0.505 e. The van der Waals surface area contributed by atoms with E-state index < -0.39 is 5.82 Å². The maximum atomic E-state index is 13.1. The highest BCUT2D eigenvalue weighted by Gasteiger charge is 2.08. The molecule has 1 rings (SSSR count). The molecule has 6 heteroatoms. The molecule has 106 valence electrons. The second-order valence-corrected chi connectivity index (χ2v) is 4.30. The third-order valence-electron chi connectivity index (χ3n) is 2.51. The molecule has 0 spiro atoms. The number of phenols is 1. The van der Waals surface area contributed by atoms with Crippen LogP contribution in [0.5, 0.6) is 5.75 Å². The van der Waals surface area contributed by atoms with Crippen LogP contribution in [-0.4, -0.2) is 49.8 Å². The van der Waals surface area contributed by atoms with E-state index in [0.29, 0.717) is 25.3 Å². The lowest BCUT2D eigenvalue weighted by molar-refractivity contribution is -0.122. The highest BCUT2D eigenvalue weighted by molar-refractivity contribution is 5.77. The van der Waals surface area contributed by atoms with Crippen LogP contribution in [0.25, 0.3) is 0 Å². The number of likely N-dealkylation sites (N-methyl/N-ethyl adjacent to an activating group) is 1. The molecule has 0 unspecified atom stereocenters. The number of benzene rings is 1. The zero-order valence-corrected chi connectivity index (χ0v) is 11.1. The van der Waals surface area contributed by atoms with Crippen molar-refractivity contribution in [2.24, 2.45) is 0 Å². The summed E-state index contributed by atoms with van der Waals surface area (Å²) in [5.41, 5.74) is 0.697. The van der Waals surface area contributed by atoms with Crippen LogP contribution in [0.3, 0.4) is 0 Å². The summed E-state index contributed by atoms with van der Waals surface area (Å²) in [5.74, 6) is -1.14. The van der Waals surface area contributed by atoms with Gasteiger partial charge in [-0.15, -0.1) is 0 Å². The van der Waals surface area contributed by atoms with Gasteiger partial charge in [-0.1, -0.05) is 6.07 Å². The lowest BCUT2D eigenvalue weighted by Crippen LogP contribution is -2.36. The van der Waals surface area contributed by atoms with Crippen molar-refractivity contribution in [2.75, 3.05) is 33.9 Å². The molecule has 0 atom stereocenters. The van der Waals surface area contributed by atoms with E-state index in [4.69, 9.17) is 9.84 Å². The van der Waals surface area contributed by atoms with Crippen molar-refractivity contribution < 1.29 is 19.0 Å². The lowest BCUT2D eigenvalue weighted by Gasteiger charge is -2.16. The van der Waals surface area contributed by atoms with Gasteiger partial charge in [0.15, 0.2) is 11.6 Å². The molecule has 0 saturated heterocycles. The van der Waals surface area contributed by atoms with E-state index in [1.54, 1.807) is 25.1 Å². The number of carbonyl (C=O) groups excluding carboxylic acids is 1. The van der Waals surface area contributed by atoms with Gasteiger partial charge < -0.3 is 15.2 Å². The Morgan fingerprint density at radius 1 is 1.53 bits per heavy atom. The zero-order valence-electron chi connectivity index (χ0n) is 11.1. The number of nitrogens with one attached hydrogen (secondary N) is 1. The second-order valence-electron chi connectivity index (χ2n) is 4.30. The minimum absolute atomic E-state index is 0.112. The quantitative estimate of drug-likeness (QED) is 0.717. The van der Waals surface area contributed by atoms with Gasteiger partial charge in [-0.05, 0) is 24.7 Å². The van der Waals surface area contributed by atoms with Crippen LogP contribution in [0.15, 0.2) is 18.2 Å². The Morgan fingerprint density at radius 2 is 2.26 bits per heavy atom. The van der Waals surface area contributed by atoms with Crippen LogP contribution in [0, 0.1) is 5.82 Å². The highest BCUT2D eigenvalue weighted by Crippen LogP contribution is 2.16. The topological polar surface area (TPSA) is 61.8 Å². The maximum Gasteiger partial charge on any atom is 0.234 e. The average molecular weight is 270 g/mol. The molecule has 1 amide bonds. The molecule has 0 aliphatic heterocycles. The Balaban J connectivity index is 2.39. The fraction of sp³-hybridized carbons (Fsp3) is 0.462. The van der Waals surface area contributed by atoms with Crippen LogP contribution < -0.4 is 5.32 Å². The van der Waals surface area contributed by atoms with Gasteiger partial charge in [-0.25, -0.2) is 4.39 Å². The number of aromatic hydroxyl groups is 1. The summed E-state index contributed by atoms with van der Waals surface area (Å²) >= 11 is 0. The summed E-state index contributed by atoms with van der Waals surface area (Å²) in [6.45, 7) is 1.58. The molecule has 0 radical (unpaired) electrons. The average Bonchev–Trinajstić information content (AvgIpc) is 2.34. The van der Waals surface area contributed by atoms with Gasteiger partial charge in [0.25, 0.3) is 0 Å². The fourth-order valence-electron chi connectivity index (χ4n) is 1.61. The summed E-state index contributed by atoms with van der Waals surface area (Å²) in [5, 5.41) is 11.8. The van der Waals surface area contributed by atoms with E-state index >= 15 is 0 Å². The molecule has 0 aliphatic rings. The first-order valence-corrected chi connectivity index (χ1v) is 5.94. The molecule has 0 bridgehead atoms. The van der Waals surface area contributed by atoms with Crippen molar-refractivity contribution in [1.29, 1.82) is 0 Å². The van der Waals surface area contributed by atoms with Crippen molar-refractivity contribution in [3.05, 3.63) is 29.6 Å². The maximum absolute atomic E-state index is 13.1. The molecular weight excluding hydrogens is 251 g/mol. The van der Waals surface area contributed by atoms with Crippen molar-refractivity contribution in [3.63, 3.8) is 0 Å². The normalized spacial score (nSPS) is 10.7. The molecule has 19 heavy (non-hydrogen) atoms. The number of phenolic OH excluding ortho intramolecular Hbond substituents is 1. The van der Waals surface area contributed by atoms with Gasteiger partial charge in [0.05, 0.1) is 13.2 Å². The molecule has 1 aromatic carbocycles. The van der Waals surface area contributed by atoms with Crippen LogP contribution in [0.1, 0.15) is 5.56 Å². The van der Waals surface area contributed by atoms with E-state index in [9.17, 15) is 9.18 Å². The van der Waals surface area contributed by atoms with Gasteiger partial charge in [0.2, 0.25) is 5.91 Å². The summed E-state index contributed by atoms with van der Waals surface area (Å²) in [6, 6.07) is 4.18. The molecule has 1 aromatic rings. The molecular formula is C13H19FN2O3. The first-order chi connectivity index (χ1) is 9.02.